The minimum atomic E-state index is -0.705. The van der Waals surface area contributed by atoms with Crippen molar-refractivity contribution < 1.29 is 24.5 Å². The number of aryl methyl sites for hydroxylation is 1. The van der Waals surface area contributed by atoms with Crippen LogP contribution < -0.4 is 4.74 Å². The number of aliphatic hydroxyl groups excluding tert-OH is 1. The minimum absolute atomic E-state index is 0.0634. The fourth-order valence-electron chi connectivity index (χ4n) is 3.77. The number of carbonyl (C=O) groups is 2. The van der Waals surface area contributed by atoms with Gasteiger partial charge in [-0.3, -0.25) is 9.59 Å². The summed E-state index contributed by atoms with van der Waals surface area (Å²) in [6.07, 6.45) is 2.49. The van der Waals surface area contributed by atoms with E-state index in [-0.39, 0.29) is 17.1 Å². The molecule has 1 fully saturated rings. The van der Waals surface area contributed by atoms with Crippen LogP contribution in [0.25, 0.3) is 5.76 Å². The first-order valence-corrected chi connectivity index (χ1v) is 10.7. The number of unbranched alkanes of at least 4 members (excludes halogenated alkanes) is 1. The van der Waals surface area contributed by atoms with Gasteiger partial charge >= 0.3 is 0 Å². The standard InChI is InChI=1S/C25H29NO5/c1-4-6-13-26-22(17-7-10-19(27)11-8-17)21(24(29)25(26)30)23(28)18-9-12-20(16(3)15-18)31-14-5-2/h7-12,15,22,27-28H,4-6,13-14H2,1-3H3/b23-21-. The van der Waals surface area contributed by atoms with Gasteiger partial charge in [0.15, 0.2) is 0 Å². The van der Waals surface area contributed by atoms with E-state index in [2.05, 4.69) is 0 Å². The van der Waals surface area contributed by atoms with Gasteiger partial charge in [0.25, 0.3) is 11.7 Å². The number of aromatic hydroxyl groups is 1. The number of Topliss-reactive ketones (excluding diaryl/α,β-unsaturated/α-hetero) is 1. The molecule has 6 nitrogen and oxygen atoms in total. The second-order valence-electron chi connectivity index (χ2n) is 7.77. The highest BCUT2D eigenvalue weighted by atomic mass is 16.5. The number of aliphatic hydroxyl groups is 1. The largest absolute Gasteiger partial charge is 0.508 e. The lowest BCUT2D eigenvalue weighted by molar-refractivity contribution is -0.139. The van der Waals surface area contributed by atoms with Gasteiger partial charge in [-0.15, -0.1) is 0 Å². The molecule has 0 aromatic heterocycles. The molecule has 1 unspecified atom stereocenters. The molecule has 1 aliphatic rings. The summed E-state index contributed by atoms with van der Waals surface area (Å²) in [6.45, 7) is 6.91. The van der Waals surface area contributed by atoms with Gasteiger partial charge in [0, 0.05) is 12.1 Å². The molecule has 6 heteroatoms. The highest BCUT2D eigenvalue weighted by molar-refractivity contribution is 6.46. The number of amides is 1. The van der Waals surface area contributed by atoms with Crippen LogP contribution in [0.4, 0.5) is 0 Å². The topological polar surface area (TPSA) is 87.1 Å². The van der Waals surface area contributed by atoms with Crippen molar-refractivity contribution >= 4 is 17.4 Å². The van der Waals surface area contributed by atoms with Gasteiger partial charge in [-0.05, 0) is 61.2 Å². The molecule has 31 heavy (non-hydrogen) atoms. The molecule has 1 saturated heterocycles. The van der Waals surface area contributed by atoms with Crippen molar-refractivity contribution in [2.24, 2.45) is 0 Å². The van der Waals surface area contributed by atoms with E-state index in [1.807, 2.05) is 20.8 Å². The predicted molar refractivity (Wildman–Crippen MR) is 119 cm³/mol. The number of carbonyl (C=O) groups excluding carboxylic acids is 2. The highest BCUT2D eigenvalue weighted by Gasteiger charge is 2.45. The Labute approximate surface area is 182 Å². The molecule has 0 bridgehead atoms. The van der Waals surface area contributed by atoms with E-state index in [0.717, 1.165) is 30.6 Å². The number of hydrogen-bond acceptors (Lipinski definition) is 5. The van der Waals surface area contributed by atoms with E-state index in [1.165, 1.54) is 17.0 Å². The van der Waals surface area contributed by atoms with Crippen molar-refractivity contribution in [3.05, 3.63) is 64.7 Å². The molecule has 1 amide bonds. The Morgan fingerprint density at radius 2 is 1.77 bits per heavy atom. The van der Waals surface area contributed by atoms with Crippen LogP contribution in [-0.2, 0) is 9.59 Å². The maximum absolute atomic E-state index is 13.0. The van der Waals surface area contributed by atoms with Gasteiger partial charge in [0.05, 0.1) is 18.2 Å². The highest BCUT2D eigenvalue weighted by Crippen LogP contribution is 2.40. The quantitative estimate of drug-likeness (QED) is 0.365. The summed E-state index contributed by atoms with van der Waals surface area (Å²) in [4.78, 5) is 27.3. The van der Waals surface area contributed by atoms with Crippen LogP contribution in [0.2, 0.25) is 0 Å². The Morgan fingerprint density at radius 1 is 1.06 bits per heavy atom. The summed E-state index contributed by atoms with van der Waals surface area (Å²) in [5.74, 6) is -0.715. The van der Waals surface area contributed by atoms with Crippen molar-refractivity contribution in [2.45, 2.75) is 46.1 Å². The summed E-state index contributed by atoms with van der Waals surface area (Å²) in [6, 6.07) is 10.9. The molecule has 2 N–H and O–H groups in total. The number of benzene rings is 2. The van der Waals surface area contributed by atoms with Gasteiger partial charge in [-0.1, -0.05) is 32.4 Å². The van der Waals surface area contributed by atoms with Crippen molar-refractivity contribution in [1.29, 1.82) is 0 Å². The Hall–Kier alpha value is -3.28. The third-order valence-corrected chi connectivity index (χ3v) is 5.41. The zero-order valence-electron chi connectivity index (χ0n) is 18.2. The first kappa shape index (κ1) is 22.4. The van der Waals surface area contributed by atoms with Gasteiger partial charge in [-0.2, -0.15) is 0 Å². The van der Waals surface area contributed by atoms with Crippen molar-refractivity contribution in [2.75, 3.05) is 13.2 Å². The lowest BCUT2D eigenvalue weighted by Gasteiger charge is -2.25. The zero-order valence-corrected chi connectivity index (χ0v) is 18.2. The summed E-state index contributed by atoms with van der Waals surface area (Å²) in [5.41, 5.74) is 2.01. The molecule has 3 rings (SSSR count). The molecular weight excluding hydrogens is 394 g/mol. The second-order valence-corrected chi connectivity index (χ2v) is 7.77. The number of rotatable bonds is 8. The molecule has 2 aromatic rings. The van der Waals surface area contributed by atoms with Crippen LogP contribution in [-0.4, -0.2) is 40.0 Å². The summed E-state index contributed by atoms with van der Waals surface area (Å²) < 4.78 is 5.70. The molecule has 1 aliphatic heterocycles. The van der Waals surface area contributed by atoms with Crippen molar-refractivity contribution in [3.63, 3.8) is 0 Å². The maximum Gasteiger partial charge on any atom is 0.295 e. The number of nitrogens with zero attached hydrogens (tertiary/aromatic N) is 1. The van der Waals surface area contributed by atoms with E-state index in [4.69, 9.17) is 4.74 Å². The van der Waals surface area contributed by atoms with Crippen LogP contribution in [0.3, 0.4) is 0 Å². The molecule has 0 aliphatic carbocycles. The third-order valence-electron chi connectivity index (χ3n) is 5.41. The number of hydrogen-bond donors (Lipinski definition) is 2. The summed E-state index contributed by atoms with van der Waals surface area (Å²) >= 11 is 0. The number of phenolic OH excluding ortho intramolecular Hbond substituents is 1. The van der Waals surface area contributed by atoms with Crippen LogP contribution in [0.15, 0.2) is 48.0 Å². The lowest BCUT2D eigenvalue weighted by Crippen LogP contribution is -2.30. The fourth-order valence-corrected chi connectivity index (χ4v) is 3.77. The van der Waals surface area contributed by atoms with Crippen molar-refractivity contribution in [3.8, 4) is 11.5 Å². The van der Waals surface area contributed by atoms with Crippen LogP contribution in [0.1, 0.15) is 55.8 Å². The maximum atomic E-state index is 13.0. The number of phenols is 1. The van der Waals surface area contributed by atoms with Crippen LogP contribution >= 0.6 is 0 Å². The predicted octanol–water partition coefficient (Wildman–Crippen LogP) is 4.71. The van der Waals surface area contributed by atoms with Gasteiger partial charge in [0.2, 0.25) is 0 Å². The monoisotopic (exact) mass is 423 g/mol. The van der Waals surface area contributed by atoms with E-state index in [9.17, 15) is 19.8 Å². The molecular formula is C25H29NO5. The molecule has 164 valence electrons. The van der Waals surface area contributed by atoms with Crippen molar-refractivity contribution in [1.82, 2.24) is 4.90 Å². The van der Waals surface area contributed by atoms with Crippen LogP contribution in [0, 0.1) is 6.92 Å². The van der Waals surface area contributed by atoms with Gasteiger partial charge < -0.3 is 19.8 Å². The second kappa shape index (κ2) is 9.69. The molecule has 0 saturated carbocycles. The molecule has 1 atom stereocenters. The number of ketones is 1. The minimum Gasteiger partial charge on any atom is -0.508 e. The molecule has 2 aromatic carbocycles. The lowest BCUT2D eigenvalue weighted by atomic mass is 9.94. The van der Waals surface area contributed by atoms with Crippen LogP contribution in [0.5, 0.6) is 11.5 Å². The Morgan fingerprint density at radius 3 is 2.39 bits per heavy atom. The SMILES string of the molecule is CCCCN1C(=O)C(=O)/C(=C(\O)c2ccc(OCCC)c(C)c2)C1c1ccc(O)cc1. The average Bonchev–Trinajstić information content (AvgIpc) is 3.01. The van der Waals surface area contributed by atoms with E-state index in [0.29, 0.717) is 24.3 Å². The Kier molecular flexibility index (Phi) is 7.00. The average molecular weight is 424 g/mol. The Bertz CT molecular complexity index is 993. The van der Waals surface area contributed by atoms with E-state index in [1.54, 1.807) is 30.3 Å². The zero-order chi connectivity index (χ0) is 22.5. The number of ether oxygens (including phenoxy) is 1. The number of likely N-dealkylation sites (tertiary alicyclic amines) is 1. The smallest absolute Gasteiger partial charge is 0.295 e. The Balaban J connectivity index is 2.09. The fraction of sp³-hybridized carbons (Fsp3) is 0.360. The van der Waals surface area contributed by atoms with E-state index >= 15 is 0 Å². The summed E-state index contributed by atoms with van der Waals surface area (Å²) in [7, 11) is 0. The van der Waals surface area contributed by atoms with E-state index < -0.39 is 17.7 Å². The van der Waals surface area contributed by atoms with Gasteiger partial charge in [0.1, 0.15) is 17.3 Å². The first-order valence-electron chi connectivity index (χ1n) is 10.7. The molecule has 0 radical (unpaired) electrons. The van der Waals surface area contributed by atoms with Gasteiger partial charge in [-0.25, -0.2) is 0 Å². The first-order chi connectivity index (χ1) is 14.9. The normalized spacial score (nSPS) is 17.9. The molecule has 0 spiro atoms. The molecule has 1 heterocycles. The summed E-state index contributed by atoms with van der Waals surface area (Å²) in [5, 5.41) is 20.8. The third kappa shape index (κ3) is 4.58.